The zero-order chi connectivity index (χ0) is 20.6. The highest BCUT2D eigenvalue weighted by Gasteiger charge is 2.26. The van der Waals surface area contributed by atoms with E-state index < -0.39 is 26.0 Å². The van der Waals surface area contributed by atoms with Crippen molar-refractivity contribution in [3.8, 4) is 0 Å². The highest BCUT2D eigenvalue weighted by Crippen LogP contribution is 2.32. The van der Waals surface area contributed by atoms with Gasteiger partial charge in [0, 0.05) is 5.38 Å². The number of ether oxygens (including phenoxy) is 1. The predicted molar refractivity (Wildman–Crippen MR) is 103 cm³/mol. The van der Waals surface area contributed by atoms with E-state index in [9.17, 15) is 21.6 Å². The molecule has 27 heavy (non-hydrogen) atoms. The molecule has 0 atom stereocenters. The van der Waals surface area contributed by atoms with Crippen molar-refractivity contribution in [2.24, 2.45) is 0 Å². The topological polar surface area (TPSA) is 132 Å². The Bertz CT molecular complexity index is 1100. The van der Waals surface area contributed by atoms with Crippen molar-refractivity contribution in [2.45, 2.75) is 25.7 Å². The molecular formula is C15H19N3O6S3. The van der Waals surface area contributed by atoms with Gasteiger partial charge in [0.15, 0.2) is 5.69 Å². The summed E-state index contributed by atoms with van der Waals surface area (Å²) in [7, 11) is -6.57. The van der Waals surface area contributed by atoms with E-state index in [1.54, 1.807) is 19.9 Å². The molecular weight excluding hydrogens is 414 g/mol. The second kappa shape index (κ2) is 7.44. The van der Waals surface area contributed by atoms with Crippen LogP contribution in [-0.2, 0) is 24.8 Å². The monoisotopic (exact) mass is 433 g/mol. The zero-order valence-electron chi connectivity index (χ0n) is 15.3. The highest BCUT2D eigenvalue weighted by molar-refractivity contribution is 7.93. The molecule has 0 aliphatic carbocycles. The lowest BCUT2D eigenvalue weighted by molar-refractivity contribution is 0.0596. The summed E-state index contributed by atoms with van der Waals surface area (Å²) in [4.78, 5) is 11.6. The van der Waals surface area contributed by atoms with Crippen LogP contribution < -0.4 is 9.44 Å². The smallest absolute Gasteiger partial charge is 0.359 e. The summed E-state index contributed by atoms with van der Waals surface area (Å²) in [5, 5.41) is 1.37. The van der Waals surface area contributed by atoms with Gasteiger partial charge in [0.25, 0.3) is 10.0 Å². The largest absolute Gasteiger partial charge is 0.464 e. The average Bonchev–Trinajstić information content (AvgIpc) is 2.96. The van der Waals surface area contributed by atoms with Crippen molar-refractivity contribution in [1.29, 1.82) is 0 Å². The van der Waals surface area contributed by atoms with Crippen LogP contribution in [0.1, 0.15) is 27.2 Å². The number of sulfonamides is 2. The van der Waals surface area contributed by atoms with Crippen molar-refractivity contribution in [3.63, 3.8) is 0 Å². The van der Waals surface area contributed by atoms with E-state index in [1.165, 1.54) is 12.3 Å². The van der Waals surface area contributed by atoms with Gasteiger partial charge in [-0.1, -0.05) is 6.07 Å². The maximum atomic E-state index is 13.0. The summed E-state index contributed by atoms with van der Waals surface area (Å²) in [5.41, 5.74) is 1.29. The second-order valence-corrected chi connectivity index (χ2v) is 9.88. The standard InChI is InChI=1S/C15H19N3O6S3/c1-8-6-9(2)14(10(3)12(8)18-26(5,20)21)27(22,23)17-11-7-25-16-13(11)15(19)24-4/h6-7,17-18H,1-5H3. The van der Waals surface area contributed by atoms with Gasteiger partial charge in [-0.05, 0) is 49.0 Å². The lowest BCUT2D eigenvalue weighted by atomic mass is 10.1. The number of nitrogens with zero attached hydrogens (tertiary/aromatic N) is 1. The van der Waals surface area contributed by atoms with Gasteiger partial charge < -0.3 is 4.74 Å². The fourth-order valence-corrected chi connectivity index (χ4v) is 5.57. The van der Waals surface area contributed by atoms with Crippen molar-refractivity contribution < 1.29 is 26.4 Å². The number of nitrogens with one attached hydrogen (secondary N) is 2. The number of hydrogen-bond acceptors (Lipinski definition) is 8. The van der Waals surface area contributed by atoms with Gasteiger partial charge in [-0.3, -0.25) is 9.44 Å². The predicted octanol–water partition coefficient (Wildman–Crippen LogP) is 2.03. The average molecular weight is 434 g/mol. The van der Waals surface area contributed by atoms with Crippen LogP contribution in [0.2, 0.25) is 0 Å². The summed E-state index contributed by atoms with van der Waals surface area (Å²) in [5.74, 6) is -0.772. The van der Waals surface area contributed by atoms with Gasteiger partial charge >= 0.3 is 5.97 Å². The number of hydrogen-bond donors (Lipinski definition) is 2. The summed E-state index contributed by atoms with van der Waals surface area (Å²) < 4.78 is 62.3. The molecule has 0 aliphatic rings. The van der Waals surface area contributed by atoms with Crippen LogP contribution in [0, 0.1) is 20.8 Å². The molecule has 0 spiro atoms. The summed E-state index contributed by atoms with van der Waals surface area (Å²) in [6.45, 7) is 4.79. The van der Waals surface area contributed by atoms with Crippen LogP contribution in [0.5, 0.6) is 0 Å². The molecule has 0 fully saturated rings. The van der Waals surface area contributed by atoms with Crippen molar-refractivity contribution >= 4 is 48.9 Å². The number of anilines is 2. The number of rotatable bonds is 6. The molecule has 0 aliphatic heterocycles. The zero-order valence-corrected chi connectivity index (χ0v) is 17.7. The van der Waals surface area contributed by atoms with Crippen molar-refractivity contribution in [1.82, 2.24) is 4.37 Å². The van der Waals surface area contributed by atoms with Crippen LogP contribution in [0.4, 0.5) is 11.4 Å². The fourth-order valence-electron chi connectivity index (χ4n) is 2.67. The molecule has 1 heterocycles. The van der Waals surface area contributed by atoms with Gasteiger partial charge in [-0.2, -0.15) is 4.37 Å². The minimum absolute atomic E-state index is 0.0103. The van der Waals surface area contributed by atoms with Crippen LogP contribution in [0.3, 0.4) is 0 Å². The molecule has 2 aromatic rings. The first-order valence-electron chi connectivity index (χ1n) is 7.51. The van der Waals surface area contributed by atoms with E-state index in [4.69, 9.17) is 0 Å². The van der Waals surface area contributed by atoms with E-state index in [-0.39, 0.29) is 27.5 Å². The van der Waals surface area contributed by atoms with Crippen molar-refractivity contribution in [2.75, 3.05) is 22.8 Å². The quantitative estimate of drug-likeness (QED) is 0.666. The molecule has 2 N–H and O–H groups in total. The number of aryl methyl sites for hydroxylation is 2. The molecule has 0 radical (unpaired) electrons. The van der Waals surface area contributed by atoms with Gasteiger partial charge in [0.1, 0.15) is 0 Å². The second-order valence-electron chi connectivity index (χ2n) is 5.89. The van der Waals surface area contributed by atoms with Crippen molar-refractivity contribution in [3.05, 3.63) is 33.8 Å². The molecule has 0 saturated heterocycles. The molecule has 0 unspecified atom stereocenters. The van der Waals surface area contributed by atoms with Gasteiger partial charge in [-0.15, -0.1) is 0 Å². The van der Waals surface area contributed by atoms with Gasteiger partial charge in [0.05, 0.1) is 29.6 Å². The van der Waals surface area contributed by atoms with Crippen LogP contribution >= 0.6 is 11.5 Å². The minimum atomic E-state index is -4.13. The SMILES string of the molecule is COC(=O)c1nscc1NS(=O)(=O)c1c(C)cc(C)c(NS(C)(=O)=O)c1C. The molecule has 148 valence electrons. The first kappa shape index (κ1) is 21.1. The number of benzene rings is 1. The molecule has 0 saturated carbocycles. The molecule has 0 bridgehead atoms. The maximum absolute atomic E-state index is 13.0. The Morgan fingerprint density at radius 2 is 1.74 bits per heavy atom. The first-order valence-corrected chi connectivity index (χ1v) is 11.7. The molecule has 1 aromatic heterocycles. The van der Waals surface area contributed by atoms with Gasteiger partial charge in [0.2, 0.25) is 10.0 Å². The van der Waals surface area contributed by atoms with E-state index in [1.807, 2.05) is 0 Å². The van der Waals surface area contributed by atoms with Crippen LogP contribution in [0.15, 0.2) is 16.3 Å². The number of carbonyl (C=O) groups excluding carboxylic acids is 1. The lowest BCUT2D eigenvalue weighted by Crippen LogP contribution is -2.20. The fraction of sp³-hybridized carbons (Fsp3) is 0.333. The van der Waals surface area contributed by atoms with Gasteiger partial charge in [-0.25, -0.2) is 21.6 Å². The normalized spacial score (nSPS) is 11.9. The Kier molecular flexibility index (Phi) is 5.82. The Labute approximate surface area is 162 Å². The first-order chi connectivity index (χ1) is 12.4. The van der Waals surface area contributed by atoms with Crippen LogP contribution in [0.25, 0.3) is 0 Å². The van der Waals surface area contributed by atoms with Crippen LogP contribution in [-0.4, -0.2) is 40.5 Å². The third-order valence-electron chi connectivity index (χ3n) is 3.65. The molecule has 2 rings (SSSR count). The third-order valence-corrected chi connectivity index (χ3v) is 6.51. The molecule has 9 nitrogen and oxygen atoms in total. The summed E-state index contributed by atoms with van der Waals surface area (Å²) in [6, 6.07) is 1.57. The number of carbonyl (C=O) groups is 1. The lowest BCUT2D eigenvalue weighted by Gasteiger charge is -2.18. The maximum Gasteiger partial charge on any atom is 0.359 e. The number of esters is 1. The Morgan fingerprint density at radius 3 is 2.30 bits per heavy atom. The van der Waals surface area contributed by atoms with E-state index in [0.717, 1.165) is 24.9 Å². The Balaban J connectivity index is 2.58. The Hall–Kier alpha value is -2.18. The molecule has 0 amide bonds. The summed E-state index contributed by atoms with van der Waals surface area (Å²) in [6.07, 6.45) is 0.984. The third kappa shape index (κ3) is 4.57. The molecule has 12 heteroatoms. The van der Waals surface area contributed by atoms with E-state index >= 15 is 0 Å². The minimum Gasteiger partial charge on any atom is -0.464 e. The molecule has 1 aromatic carbocycles. The highest BCUT2D eigenvalue weighted by atomic mass is 32.2. The van der Waals surface area contributed by atoms with E-state index in [2.05, 4.69) is 18.6 Å². The van der Waals surface area contributed by atoms with E-state index in [0.29, 0.717) is 11.1 Å². The summed E-state index contributed by atoms with van der Waals surface area (Å²) >= 11 is 0.898. The Morgan fingerprint density at radius 1 is 1.11 bits per heavy atom. The number of methoxy groups -OCH3 is 1. The number of aromatic nitrogens is 1.